The van der Waals surface area contributed by atoms with Gasteiger partial charge >= 0.3 is 0 Å². The van der Waals surface area contributed by atoms with E-state index in [0.29, 0.717) is 0 Å². The van der Waals surface area contributed by atoms with Crippen LogP contribution in [0.5, 0.6) is 0 Å². The van der Waals surface area contributed by atoms with Gasteiger partial charge in [-0.2, -0.15) is 10.2 Å². The second-order valence-electron chi connectivity index (χ2n) is 6.15. The first kappa shape index (κ1) is 14.7. The molecule has 3 heterocycles. The summed E-state index contributed by atoms with van der Waals surface area (Å²) in [4.78, 5) is 8.21. The maximum atomic E-state index is 4.77. The quantitative estimate of drug-likeness (QED) is 0.521. The third-order valence-corrected chi connectivity index (χ3v) is 4.48. The van der Waals surface area contributed by atoms with Gasteiger partial charge in [-0.1, -0.05) is 60.7 Å². The molecule has 126 valence electrons. The number of aromatic amines is 2. The van der Waals surface area contributed by atoms with Gasteiger partial charge in [0.05, 0.1) is 17.5 Å². The van der Waals surface area contributed by atoms with Crippen molar-refractivity contribution in [3.8, 4) is 33.9 Å². The van der Waals surface area contributed by atoms with Crippen molar-refractivity contribution < 1.29 is 0 Å². The van der Waals surface area contributed by atoms with E-state index in [0.717, 1.165) is 45.1 Å². The van der Waals surface area contributed by atoms with E-state index < -0.39 is 0 Å². The van der Waals surface area contributed by atoms with Gasteiger partial charge in [-0.25, -0.2) is 9.67 Å². The summed E-state index contributed by atoms with van der Waals surface area (Å²) in [5.74, 6) is 0.776. The molecule has 0 aliphatic rings. The number of hydrogen-bond acceptors (Lipinski definition) is 3. The predicted octanol–water partition coefficient (Wildman–Crippen LogP) is 4.02. The molecule has 3 aromatic heterocycles. The van der Waals surface area contributed by atoms with Crippen LogP contribution in [0, 0.1) is 0 Å². The third-order valence-electron chi connectivity index (χ3n) is 4.48. The average Bonchev–Trinajstić information content (AvgIpc) is 3.39. The van der Waals surface area contributed by atoms with Gasteiger partial charge in [-0.05, 0) is 0 Å². The fourth-order valence-corrected chi connectivity index (χ4v) is 3.23. The van der Waals surface area contributed by atoms with Crippen LogP contribution in [0.4, 0.5) is 0 Å². The predicted molar refractivity (Wildman–Crippen MR) is 101 cm³/mol. The fraction of sp³-hybridized carbons (Fsp3) is 0.0500. The first-order valence-corrected chi connectivity index (χ1v) is 8.38. The Bertz CT molecular complexity index is 1180. The number of fused-ring (bicyclic) bond motifs is 1. The minimum absolute atomic E-state index is 0.776. The molecule has 0 radical (unpaired) electrons. The van der Waals surface area contributed by atoms with Gasteiger partial charge in [-0.3, -0.25) is 5.10 Å². The van der Waals surface area contributed by atoms with Crippen molar-refractivity contribution in [3.05, 3.63) is 66.9 Å². The molecule has 0 aliphatic carbocycles. The van der Waals surface area contributed by atoms with Crippen LogP contribution in [0.3, 0.4) is 0 Å². The van der Waals surface area contributed by atoms with Gasteiger partial charge in [0.25, 0.3) is 0 Å². The van der Waals surface area contributed by atoms with E-state index in [9.17, 15) is 0 Å². The SMILES string of the molecule is Cn1nc(-c2ccccc2)c2[nH]c(-c3cn[nH]c3-c3ccccc3)nc21. The van der Waals surface area contributed by atoms with Crippen LogP contribution in [-0.4, -0.2) is 29.9 Å². The molecule has 0 atom stereocenters. The fourth-order valence-electron chi connectivity index (χ4n) is 3.23. The zero-order valence-corrected chi connectivity index (χ0v) is 14.1. The summed E-state index contributed by atoms with van der Waals surface area (Å²) in [6.07, 6.45) is 1.80. The van der Waals surface area contributed by atoms with Gasteiger partial charge in [0, 0.05) is 18.2 Å². The summed E-state index contributed by atoms with van der Waals surface area (Å²) >= 11 is 0. The molecule has 6 heteroatoms. The number of hydrogen-bond donors (Lipinski definition) is 2. The lowest BCUT2D eigenvalue weighted by Crippen LogP contribution is -1.92. The summed E-state index contributed by atoms with van der Waals surface area (Å²) in [5.41, 5.74) is 6.65. The van der Waals surface area contributed by atoms with Crippen molar-refractivity contribution in [2.75, 3.05) is 0 Å². The Morgan fingerprint density at radius 1 is 0.885 bits per heavy atom. The number of imidazole rings is 1. The summed E-state index contributed by atoms with van der Waals surface area (Å²) < 4.78 is 1.81. The Labute approximate surface area is 149 Å². The maximum absolute atomic E-state index is 4.77. The highest BCUT2D eigenvalue weighted by molar-refractivity contribution is 5.91. The van der Waals surface area contributed by atoms with Crippen LogP contribution >= 0.6 is 0 Å². The van der Waals surface area contributed by atoms with Crippen molar-refractivity contribution >= 4 is 11.2 Å². The lowest BCUT2D eigenvalue weighted by molar-refractivity contribution is 0.790. The van der Waals surface area contributed by atoms with E-state index in [1.807, 2.05) is 43.4 Å². The number of nitrogens with zero attached hydrogens (tertiary/aromatic N) is 4. The van der Waals surface area contributed by atoms with Crippen molar-refractivity contribution in [1.29, 1.82) is 0 Å². The summed E-state index contributed by atoms with van der Waals surface area (Å²) in [5, 5.41) is 11.9. The Kier molecular flexibility index (Phi) is 3.21. The van der Waals surface area contributed by atoms with Crippen molar-refractivity contribution in [1.82, 2.24) is 29.9 Å². The van der Waals surface area contributed by atoms with Crippen LogP contribution in [0.25, 0.3) is 45.1 Å². The molecule has 0 amide bonds. The Morgan fingerprint density at radius 3 is 2.31 bits per heavy atom. The van der Waals surface area contributed by atoms with Gasteiger partial charge in [0.15, 0.2) is 5.65 Å². The van der Waals surface area contributed by atoms with E-state index >= 15 is 0 Å². The molecule has 5 aromatic rings. The molecule has 2 aromatic carbocycles. The molecular weight excluding hydrogens is 324 g/mol. The Morgan fingerprint density at radius 2 is 1.58 bits per heavy atom. The van der Waals surface area contributed by atoms with E-state index in [-0.39, 0.29) is 0 Å². The number of nitrogens with one attached hydrogen (secondary N) is 2. The molecule has 26 heavy (non-hydrogen) atoms. The van der Waals surface area contributed by atoms with Crippen molar-refractivity contribution in [2.24, 2.45) is 7.05 Å². The number of benzene rings is 2. The van der Waals surface area contributed by atoms with Gasteiger partial charge in [-0.15, -0.1) is 0 Å². The molecule has 5 rings (SSSR count). The lowest BCUT2D eigenvalue weighted by atomic mass is 10.1. The molecule has 0 fully saturated rings. The number of aromatic nitrogens is 6. The smallest absolute Gasteiger partial charge is 0.177 e. The number of aryl methyl sites for hydroxylation is 1. The molecule has 0 spiro atoms. The minimum Gasteiger partial charge on any atom is -0.335 e. The van der Waals surface area contributed by atoms with Crippen LogP contribution in [0.2, 0.25) is 0 Å². The van der Waals surface area contributed by atoms with Crippen LogP contribution < -0.4 is 0 Å². The second-order valence-corrected chi connectivity index (χ2v) is 6.15. The molecule has 0 saturated carbocycles. The van der Waals surface area contributed by atoms with E-state index in [1.165, 1.54) is 0 Å². The van der Waals surface area contributed by atoms with E-state index in [1.54, 1.807) is 10.9 Å². The normalized spacial score (nSPS) is 11.3. The third kappa shape index (κ3) is 2.23. The van der Waals surface area contributed by atoms with Gasteiger partial charge in [0.2, 0.25) is 0 Å². The summed E-state index contributed by atoms with van der Waals surface area (Å²) in [6.45, 7) is 0. The van der Waals surface area contributed by atoms with Gasteiger partial charge in [0.1, 0.15) is 17.0 Å². The molecule has 0 saturated heterocycles. The monoisotopic (exact) mass is 340 g/mol. The minimum atomic E-state index is 0.776. The highest BCUT2D eigenvalue weighted by atomic mass is 15.3. The number of H-pyrrole nitrogens is 2. The molecular formula is C20H16N6. The van der Waals surface area contributed by atoms with Crippen molar-refractivity contribution in [2.45, 2.75) is 0 Å². The van der Waals surface area contributed by atoms with Crippen LogP contribution in [0.15, 0.2) is 66.9 Å². The average molecular weight is 340 g/mol. The highest BCUT2D eigenvalue weighted by Crippen LogP contribution is 2.32. The Balaban J connectivity index is 1.68. The summed E-state index contributed by atoms with van der Waals surface area (Å²) in [6, 6.07) is 20.2. The topological polar surface area (TPSA) is 75.2 Å². The highest BCUT2D eigenvalue weighted by Gasteiger charge is 2.19. The largest absolute Gasteiger partial charge is 0.335 e. The van der Waals surface area contributed by atoms with Gasteiger partial charge < -0.3 is 4.98 Å². The zero-order valence-electron chi connectivity index (χ0n) is 14.1. The first-order chi connectivity index (χ1) is 12.8. The molecule has 0 bridgehead atoms. The lowest BCUT2D eigenvalue weighted by Gasteiger charge is -2.01. The molecule has 6 nitrogen and oxygen atoms in total. The van der Waals surface area contributed by atoms with Crippen LogP contribution in [-0.2, 0) is 7.05 Å². The molecule has 0 aliphatic heterocycles. The Hall–Kier alpha value is -3.67. The first-order valence-electron chi connectivity index (χ1n) is 8.38. The maximum Gasteiger partial charge on any atom is 0.177 e. The second kappa shape index (κ2) is 5.70. The van der Waals surface area contributed by atoms with E-state index in [2.05, 4.69) is 44.5 Å². The summed E-state index contributed by atoms with van der Waals surface area (Å²) in [7, 11) is 1.91. The molecule has 0 unspecified atom stereocenters. The number of rotatable bonds is 3. The standard InChI is InChI=1S/C20H16N6/c1-26-20-18(17(25-26)14-10-6-3-7-11-14)22-19(23-20)15-12-21-24-16(15)13-8-4-2-5-9-13/h2-12H,1H3,(H,21,24)(H,22,23). The molecule has 2 N–H and O–H groups in total. The van der Waals surface area contributed by atoms with Crippen LogP contribution in [0.1, 0.15) is 0 Å². The zero-order chi connectivity index (χ0) is 17.5. The van der Waals surface area contributed by atoms with E-state index in [4.69, 9.17) is 4.98 Å². The van der Waals surface area contributed by atoms with Crippen molar-refractivity contribution in [3.63, 3.8) is 0 Å².